The first-order chi connectivity index (χ1) is 10.5. The first-order valence-corrected chi connectivity index (χ1v) is 7.81. The Morgan fingerprint density at radius 2 is 1.96 bits per heavy atom. The van der Waals surface area contributed by atoms with Crippen LogP contribution in [-0.4, -0.2) is 48.4 Å². The van der Waals surface area contributed by atoms with Gasteiger partial charge < -0.3 is 15.5 Å². The van der Waals surface area contributed by atoms with Gasteiger partial charge in [-0.05, 0) is 45.9 Å². The Balaban J connectivity index is 0.00000264. The molecular weight excluding hydrogens is 314 g/mol. The fourth-order valence-electron chi connectivity index (χ4n) is 2.80. The molecule has 23 heavy (non-hydrogen) atoms. The molecule has 5 nitrogen and oxygen atoms in total. The zero-order valence-electron chi connectivity index (χ0n) is 14.0. The molecule has 0 saturated carbocycles. The monoisotopic (exact) mass is 339 g/mol. The maximum Gasteiger partial charge on any atom is 0.254 e. The second kappa shape index (κ2) is 8.31. The third kappa shape index (κ3) is 4.24. The summed E-state index contributed by atoms with van der Waals surface area (Å²) >= 11 is 0. The number of halogens is 1. The van der Waals surface area contributed by atoms with Crippen LogP contribution >= 0.6 is 12.4 Å². The molecule has 1 saturated heterocycles. The predicted octanol–water partition coefficient (Wildman–Crippen LogP) is 1.83. The van der Waals surface area contributed by atoms with E-state index in [-0.39, 0.29) is 30.3 Å². The molecule has 2 N–H and O–H groups in total. The summed E-state index contributed by atoms with van der Waals surface area (Å²) in [7, 11) is 1.86. The van der Waals surface area contributed by atoms with Crippen molar-refractivity contribution < 1.29 is 9.59 Å². The summed E-state index contributed by atoms with van der Waals surface area (Å²) in [5, 5.41) is 6.04. The van der Waals surface area contributed by atoms with E-state index in [1.807, 2.05) is 39.1 Å². The Morgan fingerprint density at radius 3 is 2.57 bits per heavy atom. The van der Waals surface area contributed by atoms with Gasteiger partial charge in [-0.3, -0.25) is 9.59 Å². The van der Waals surface area contributed by atoms with Crippen molar-refractivity contribution in [3.05, 3.63) is 35.9 Å². The SMILES string of the molecule is CNC(C)CNC(=O)C1(C)CCCN1C(=O)c1ccccc1.Cl. The number of likely N-dealkylation sites (N-methyl/N-ethyl adjacent to an activating group) is 1. The molecule has 1 heterocycles. The second-order valence-corrected chi connectivity index (χ2v) is 6.10. The summed E-state index contributed by atoms with van der Waals surface area (Å²) in [6, 6.07) is 9.35. The van der Waals surface area contributed by atoms with Crippen LogP contribution < -0.4 is 10.6 Å². The maximum absolute atomic E-state index is 12.7. The normalized spacial score (nSPS) is 21.4. The highest BCUT2D eigenvalue weighted by Crippen LogP contribution is 2.30. The van der Waals surface area contributed by atoms with Gasteiger partial charge in [0.1, 0.15) is 5.54 Å². The topological polar surface area (TPSA) is 61.4 Å². The average Bonchev–Trinajstić information content (AvgIpc) is 2.95. The van der Waals surface area contributed by atoms with Gasteiger partial charge in [0.15, 0.2) is 0 Å². The Hall–Kier alpha value is -1.59. The number of likely N-dealkylation sites (tertiary alicyclic amines) is 1. The molecule has 0 spiro atoms. The lowest BCUT2D eigenvalue weighted by molar-refractivity contribution is -0.129. The van der Waals surface area contributed by atoms with Crippen molar-refractivity contribution in [3.8, 4) is 0 Å². The standard InChI is InChI=1S/C17H25N3O2.ClH/c1-13(18-3)12-19-16(22)17(2)10-7-11-20(17)15(21)14-8-5-4-6-9-14;/h4-6,8-9,13,18H,7,10-12H2,1-3H3,(H,19,22);1H. The molecule has 6 heteroatoms. The van der Waals surface area contributed by atoms with Gasteiger partial charge in [0.05, 0.1) is 0 Å². The van der Waals surface area contributed by atoms with Gasteiger partial charge in [-0.1, -0.05) is 18.2 Å². The van der Waals surface area contributed by atoms with Crippen molar-refractivity contribution in [2.45, 2.75) is 38.3 Å². The zero-order chi connectivity index (χ0) is 16.2. The van der Waals surface area contributed by atoms with E-state index in [0.29, 0.717) is 25.1 Å². The van der Waals surface area contributed by atoms with E-state index in [0.717, 1.165) is 6.42 Å². The van der Waals surface area contributed by atoms with Crippen LogP contribution in [0.1, 0.15) is 37.0 Å². The van der Waals surface area contributed by atoms with Crippen molar-refractivity contribution in [3.63, 3.8) is 0 Å². The third-order valence-corrected chi connectivity index (χ3v) is 4.46. The highest BCUT2D eigenvalue weighted by atomic mass is 35.5. The molecule has 2 rings (SSSR count). The number of carbonyl (C=O) groups excluding carboxylic acids is 2. The summed E-state index contributed by atoms with van der Waals surface area (Å²) in [5.74, 6) is -0.145. The quantitative estimate of drug-likeness (QED) is 0.860. The zero-order valence-corrected chi connectivity index (χ0v) is 14.8. The molecule has 1 aliphatic rings. The summed E-state index contributed by atoms with van der Waals surface area (Å²) in [4.78, 5) is 27.0. The molecule has 1 aromatic carbocycles. The summed E-state index contributed by atoms with van der Waals surface area (Å²) in [6.07, 6.45) is 1.55. The number of amides is 2. The number of hydrogen-bond donors (Lipinski definition) is 2. The molecule has 2 atom stereocenters. The predicted molar refractivity (Wildman–Crippen MR) is 93.9 cm³/mol. The number of carbonyl (C=O) groups is 2. The Labute approximate surface area is 144 Å². The molecule has 0 aliphatic carbocycles. The van der Waals surface area contributed by atoms with Crippen molar-refractivity contribution in [2.75, 3.05) is 20.1 Å². The summed E-state index contributed by atoms with van der Waals surface area (Å²) < 4.78 is 0. The minimum absolute atomic E-state index is 0. The van der Waals surface area contributed by atoms with Gasteiger partial charge in [-0.25, -0.2) is 0 Å². The van der Waals surface area contributed by atoms with Gasteiger partial charge in [-0.2, -0.15) is 0 Å². The van der Waals surface area contributed by atoms with Crippen LogP contribution in [0.2, 0.25) is 0 Å². The number of rotatable bonds is 5. The molecule has 1 aromatic rings. The van der Waals surface area contributed by atoms with Crippen LogP contribution in [0.4, 0.5) is 0 Å². The summed E-state index contributed by atoms with van der Waals surface area (Å²) in [5.41, 5.74) is -0.132. The first kappa shape index (κ1) is 19.5. The van der Waals surface area contributed by atoms with E-state index in [4.69, 9.17) is 0 Å². The Morgan fingerprint density at radius 1 is 1.30 bits per heavy atom. The highest BCUT2D eigenvalue weighted by Gasteiger charge is 2.45. The van der Waals surface area contributed by atoms with E-state index in [9.17, 15) is 9.59 Å². The largest absolute Gasteiger partial charge is 0.353 e. The fourth-order valence-corrected chi connectivity index (χ4v) is 2.80. The number of hydrogen-bond acceptors (Lipinski definition) is 3. The lowest BCUT2D eigenvalue weighted by atomic mass is 9.96. The van der Waals surface area contributed by atoms with Gasteiger partial charge in [0.2, 0.25) is 5.91 Å². The molecule has 2 unspecified atom stereocenters. The lowest BCUT2D eigenvalue weighted by Crippen LogP contribution is -2.56. The van der Waals surface area contributed by atoms with Crippen molar-refractivity contribution >= 4 is 24.2 Å². The smallest absolute Gasteiger partial charge is 0.254 e. The van der Waals surface area contributed by atoms with Crippen LogP contribution in [0.5, 0.6) is 0 Å². The van der Waals surface area contributed by atoms with E-state index < -0.39 is 5.54 Å². The van der Waals surface area contributed by atoms with Crippen LogP contribution in [0.25, 0.3) is 0 Å². The molecule has 0 bridgehead atoms. The maximum atomic E-state index is 12.7. The fraction of sp³-hybridized carbons (Fsp3) is 0.529. The van der Waals surface area contributed by atoms with Crippen molar-refractivity contribution in [2.24, 2.45) is 0 Å². The van der Waals surface area contributed by atoms with Crippen molar-refractivity contribution in [1.82, 2.24) is 15.5 Å². The molecule has 1 aliphatic heterocycles. The minimum atomic E-state index is -0.764. The van der Waals surface area contributed by atoms with E-state index in [2.05, 4.69) is 10.6 Å². The number of nitrogens with zero attached hydrogens (tertiary/aromatic N) is 1. The van der Waals surface area contributed by atoms with Gasteiger partial charge in [0, 0.05) is 24.7 Å². The van der Waals surface area contributed by atoms with Crippen LogP contribution in [0.15, 0.2) is 30.3 Å². The molecule has 2 amide bonds. The van der Waals surface area contributed by atoms with Crippen LogP contribution in [-0.2, 0) is 4.79 Å². The Kier molecular flexibility index (Phi) is 7.03. The molecular formula is C17H26ClN3O2. The number of benzene rings is 1. The first-order valence-electron chi connectivity index (χ1n) is 7.81. The molecule has 0 aromatic heterocycles. The van der Waals surface area contributed by atoms with E-state index in [1.54, 1.807) is 17.0 Å². The minimum Gasteiger partial charge on any atom is -0.353 e. The third-order valence-electron chi connectivity index (χ3n) is 4.46. The number of nitrogens with one attached hydrogen (secondary N) is 2. The second-order valence-electron chi connectivity index (χ2n) is 6.10. The molecule has 0 radical (unpaired) electrons. The van der Waals surface area contributed by atoms with E-state index >= 15 is 0 Å². The van der Waals surface area contributed by atoms with Gasteiger partial charge in [-0.15, -0.1) is 12.4 Å². The highest BCUT2D eigenvalue weighted by molar-refractivity contribution is 5.99. The molecule has 128 valence electrons. The van der Waals surface area contributed by atoms with E-state index in [1.165, 1.54) is 0 Å². The van der Waals surface area contributed by atoms with Crippen LogP contribution in [0.3, 0.4) is 0 Å². The Bertz CT molecular complexity index is 538. The van der Waals surface area contributed by atoms with Crippen LogP contribution in [0, 0.1) is 0 Å². The molecule has 1 fully saturated rings. The van der Waals surface area contributed by atoms with Crippen molar-refractivity contribution in [1.29, 1.82) is 0 Å². The van der Waals surface area contributed by atoms with Gasteiger partial charge >= 0.3 is 0 Å². The summed E-state index contributed by atoms with van der Waals surface area (Å²) in [6.45, 7) is 5.04. The van der Waals surface area contributed by atoms with Gasteiger partial charge in [0.25, 0.3) is 5.91 Å². The lowest BCUT2D eigenvalue weighted by Gasteiger charge is -2.34. The average molecular weight is 340 g/mol.